The predicted octanol–water partition coefficient (Wildman–Crippen LogP) is 2.92. The van der Waals surface area contributed by atoms with Crippen LogP contribution >= 0.6 is 0 Å². The van der Waals surface area contributed by atoms with Crippen molar-refractivity contribution in [3.8, 4) is 0 Å². The van der Waals surface area contributed by atoms with Crippen LogP contribution in [-0.4, -0.2) is 6.54 Å². The van der Waals surface area contributed by atoms with Crippen LogP contribution < -0.4 is 5.32 Å². The lowest BCUT2D eigenvalue weighted by Gasteiger charge is -2.09. The summed E-state index contributed by atoms with van der Waals surface area (Å²) in [5.74, 6) is 0. The van der Waals surface area contributed by atoms with Crippen LogP contribution in [0.15, 0.2) is 48.5 Å². The van der Waals surface area contributed by atoms with Crippen LogP contribution in [0.1, 0.15) is 22.3 Å². The first-order valence-electron chi connectivity index (χ1n) is 6.28. The minimum Gasteiger partial charge on any atom is -0.312 e. The summed E-state index contributed by atoms with van der Waals surface area (Å²) in [5.41, 5.74) is 5.85. The van der Waals surface area contributed by atoms with Crippen LogP contribution in [-0.2, 0) is 19.4 Å². The van der Waals surface area contributed by atoms with Crippen molar-refractivity contribution in [2.45, 2.75) is 19.4 Å². The Balaban J connectivity index is 2.04. The molecule has 1 aliphatic rings. The zero-order valence-corrected chi connectivity index (χ0v) is 9.95. The van der Waals surface area contributed by atoms with Gasteiger partial charge in [-0.1, -0.05) is 48.5 Å². The van der Waals surface area contributed by atoms with E-state index < -0.39 is 0 Å². The van der Waals surface area contributed by atoms with Crippen LogP contribution in [0.5, 0.6) is 0 Å². The van der Waals surface area contributed by atoms with Crippen LogP contribution in [0.2, 0.25) is 0 Å². The fourth-order valence-electron chi connectivity index (χ4n) is 2.53. The van der Waals surface area contributed by atoms with Gasteiger partial charge in [-0.2, -0.15) is 0 Å². The molecular formula is C16H17N. The van der Waals surface area contributed by atoms with Gasteiger partial charge >= 0.3 is 0 Å². The average molecular weight is 223 g/mol. The van der Waals surface area contributed by atoms with E-state index in [0.29, 0.717) is 0 Å². The van der Waals surface area contributed by atoms with Crippen LogP contribution in [0.4, 0.5) is 0 Å². The average Bonchev–Trinajstić information content (AvgIpc) is 2.46. The van der Waals surface area contributed by atoms with E-state index in [2.05, 4.69) is 53.8 Å². The van der Waals surface area contributed by atoms with Crippen molar-refractivity contribution < 1.29 is 0 Å². The van der Waals surface area contributed by atoms with Gasteiger partial charge in [-0.3, -0.25) is 0 Å². The summed E-state index contributed by atoms with van der Waals surface area (Å²) in [4.78, 5) is 0. The summed E-state index contributed by atoms with van der Waals surface area (Å²) in [6, 6.07) is 17.6. The molecule has 0 saturated carbocycles. The van der Waals surface area contributed by atoms with Gasteiger partial charge in [-0.05, 0) is 41.6 Å². The Morgan fingerprint density at radius 1 is 0.706 bits per heavy atom. The summed E-state index contributed by atoms with van der Waals surface area (Å²) in [7, 11) is 0. The zero-order chi connectivity index (χ0) is 11.5. The monoisotopic (exact) mass is 223 g/mol. The topological polar surface area (TPSA) is 12.0 Å². The highest BCUT2D eigenvalue weighted by molar-refractivity contribution is 5.37. The summed E-state index contributed by atoms with van der Waals surface area (Å²) in [5, 5.41) is 3.52. The molecule has 1 aliphatic heterocycles. The van der Waals surface area contributed by atoms with Gasteiger partial charge in [0.2, 0.25) is 0 Å². The van der Waals surface area contributed by atoms with Crippen molar-refractivity contribution in [2.24, 2.45) is 0 Å². The molecule has 2 aromatic carbocycles. The van der Waals surface area contributed by atoms with Gasteiger partial charge in [0.25, 0.3) is 0 Å². The van der Waals surface area contributed by atoms with Gasteiger partial charge < -0.3 is 5.32 Å². The van der Waals surface area contributed by atoms with E-state index in [1.807, 2.05) is 0 Å². The third kappa shape index (κ3) is 2.25. The molecule has 1 heterocycles. The van der Waals surface area contributed by atoms with E-state index in [-0.39, 0.29) is 0 Å². The third-order valence-corrected chi connectivity index (χ3v) is 3.50. The summed E-state index contributed by atoms with van der Waals surface area (Å²) >= 11 is 0. The fraction of sp³-hybridized carbons (Fsp3) is 0.250. The van der Waals surface area contributed by atoms with E-state index >= 15 is 0 Å². The van der Waals surface area contributed by atoms with Crippen molar-refractivity contribution in [3.05, 3.63) is 70.8 Å². The maximum Gasteiger partial charge on any atom is 0.0208 e. The molecule has 0 radical (unpaired) electrons. The molecule has 1 nitrogen and oxygen atoms in total. The minimum atomic E-state index is 0.990. The van der Waals surface area contributed by atoms with E-state index in [1.165, 1.54) is 22.3 Å². The van der Waals surface area contributed by atoms with E-state index in [9.17, 15) is 0 Å². The Bertz CT molecular complexity index is 469. The maximum atomic E-state index is 3.52. The number of nitrogens with one attached hydrogen (secondary N) is 1. The van der Waals surface area contributed by atoms with Crippen molar-refractivity contribution in [2.75, 3.05) is 6.54 Å². The highest BCUT2D eigenvalue weighted by atomic mass is 14.8. The van der Waals surface area contributed by atoms with Gasteiger partial charge in [0.05, 0.1) is 0 Å². The molecule has 0 aromatic heterocycles. The minimum absolute atomic E-state index is 0.990. The number of rotatable bonds is 0. The quantitative estimate of drug-likeness (QED) is 0.724. The fourth-order valence-corrected chi connectivity index (χ4v) is 2.53. The first kappa shape index (κ1) is 10.5. The second-order valence-electron chi connectivity index (χ2n) is 4.64. The van der Waals surface area contributed by atoms with Gasteiger partial charge in [0, 0.05) is 6.54 Å². The molecule has 0 aliphatic carbocycles. The first-order chi connectivity index (χ1) is 8.43. The number of hydrogen-bond donors (Lipinski definition) is 1. The molecule has 2 aromatic rings. The van der Waals surface area contributed by atoms with Gasteiger partial charge in [-0.25, -0.2) is 0 Å². The largest absolute Gasteiger partial charge is 0.312 e. The van der Waals surface area contributed by atoms with E-state index in [0.717, 1.165) is 25.9 Å². The van der Waals surface area contributed by atoms with Crippen LogP contribution in [0, 0.1) is 0 Å². The third-order valence-electron chi connectivity index (χ3n) is 3.50. The molecule has 1 N–H and O–H groups in total. The molecule has 0 atom stereocenters. The van der Waals surface area contributed by atoms with E-state index in [1.54, 1.807) is 0 Å². The Labute approximate surface area is 102 Å². The lowest BCUT2D eigenvalue weighted by atomic mass is 9.96. The SMILES string of the molecule is c1ccc2c(c1)CCNCc1ccccc1C2. The number of hydrogen-bond acceptors (Lipinski definition) is 1. The number of fused-ring (bicyclic) bond motifs is 2. The second kappa shape index (κ2) is 4.72. The highest BCUT2D eigenvalue weighted by Crippen LogP contribution is 2.19. The Kier molecular flexibility index (Phi) is 2.93. The zero-order valence-electron chi connectivity index (χ0n) is 9.95. The van der Waals surface area contributed by atoms with E-state index in [4.69, 9.17) is 0 Å². The van der Waals surface area contributed by atoms with Crippen molar-refractivity contribution in [1.29, 1.82) is 0 Å². The van der Waals surface area contributed by atoms with Crippen molar-refractivity contribution >= 4 is 0 Å². The molecule has 0 amide bonds. The maximum absolute atomic E-state index is 3.52. The van der Waals surface area contributed by atoms with Gasteiger partial charge in [0.1, 0.15) is 0 Å². The molecule has 3 rings (SSSR count). The Morgan fingerprint density at radius 2 is 1.29 bits per heavy atom. The molecule has 0 fully saturated rings. The molecule has 0 unspecified atom stereocenters. The molecule has 1 heteroatoms. The molecule has 17 heavy (non-hydrogen) atoms. The molecular weight excluding hydrogens is 206 g/mol. The number of benzene rings is 2. The second-order valence-corrected chi connectivity index (χ2v) is 4.64. The normalized spacial score (nSPS) is 15.1. The summed E-state index contributed by atoms with van der Waals surface area (Å²) in [6.45, 7) is 2.05. The van der Waals surface area contributed by atoms with Crippen LogP contribution in [0.3, 0.4) is 0 Å². The molecule has 0 bridgehead atoms. The Hall–Kier alpha value is -1.60. The first-order valence-corrected chi connectivity index (χ1v) is 6.28. The lowest BCUT2D eigenvalue weighted by molar-refractivity contribution is 0.688. The molecule has 0 saturated heterocycles. The van der Waals surface area contributed by atoms with Gasteiger partial charge in [-0.15, -0.1) is 0 Å². The standard InChI is InChI=1S/C16H17N/c1-2-6-14-11-15-7-3-4-8-16(15)12-17-10-9-13(14)5-1/h1-8,17H,9-12H2. The smallest absolute Gasteiger partial charge is 0.0208 e. The Morgan fingerprint density at radius 3 is 2.06 bits per heavy atom. The lowest BCUT2D eigenvalue weighted by Crippen LogP contribution is -2.16. The van der Waals surface area contributed by atoms with Gasteiger partial charge in [0.15, 0.2) is 0 Å². The molecule has 0 spiro atoms. The van der Waals surface area contributed by atoms with Crippen molar-refractivity contribution in [3.63, 3.8) is 0 Å². The highest BCUT2D eigenvalue weighted by Gasteiger charge is 2.08. The molecule has 86 valence electrons. The summed E-state index contributed by atoms with van der Waals surface area (Å²) < 4.78 is 0. The predicted molar refractivity (Wildman–Crippen MR) is 71.1 cm³/mol. The van der Waals surface area contributed by atoms with Crippen LogP contribution in [0.25, 0.3) is 0 Å². The summed E-state index contributed by atoms with van der Waals surface area (Å²) in [6.07, 6.45) is 2.19. The van der Waals surface area contributed by atoms with Crippen molar-refractivity contribution in [1.82, 2.24) is 5.32 Å².